The molecule has 1 aliphatic rings. The number of aliphatic imine (C=N–C) groups is 1. The molecular formula is C17H11ClN2O5. The van der Waals surface area contributed by atoms with Gasteiger partial charge in [0.2, 0.25) is 5.90 Å². The first kappa shape index (κ1) is 16.7. The Kier molecular flexibility index (Phi) is 4.49. The van der Waals surface area contributed by atoms with Gasteiger partial charge in [-0.05, 0) is 29.8 Å². The summed E-state index contributed by atoms with van der Waals surface area (Å²) in [4.78, 5) is 26.7. The van der Waals surface area contributed by atoms with Crippen molar-refractivity contribution in [3.05, 3.63) is 74.4 Å². The zero-order chi connectivity index (χ0) is 18.0. The van der Waals surface area contributed by atoms with Crippen LogP contribution in [0.1, 0.15) is 11.1 Å². The van der Waals surface area contributed by atoms with Crippen molar-refractivity contribution >= 4 is 35.2 Å². The maximum Gasteiger partial charge on any atom is 0.363 e. The second-order valence-electron chi connectivity index (χ2n) is 5.00. The van der Waals surface area contributed by atoms with Crippen molar-refractivity contribution in [2.75, 3.05) is 7.11 Å². The standard InChI is InChI=1S/C17H11ClN2O5/c1-24-15-7-6-10(9-14(15)20(22)23)8-13-17(21)25-16(19-13)11-4-2-3-5-12(11)18/h2-9H,1H3/b13-8-. The number of carbonyl (C=O) groups excluding carboxylic acids is 1. The quantitative estimate of drug-likeness (QED) is 0.360. The Bertz CT molecular complexity index is 936. The first-order chi connectivity index (χ1) is 12.0. The van der Waals surface area contributed by atoms with E-state index in [4.69, 9.17) is 21.1 Å². The van der Waals surface area contributed by atoms with E-state index in [2.05, 4.69) is 4.99 Å². The summed E-state index contributed by atoms with van der Waals surface area (Å²) in [6, 6.07) is 11.1. The Labute approximate surface area is 147 Å². The van der Waals surface area contributed by atoms with Crippen LogP contribution in [0.5, 0.6) is 5.75 Å². The molecule has 2 aromatic rings. The average Bonchev–Trinajstić information content (AvgIpc) is 2.95. The predicted octanol–water partition coefficient (Wildman–Crippen LogP) is 3.60. The van der Waals surface area contributed by atoms with E-state index >= 15 is 0 Å². The normalized spacial score (nSPS) is 15.0. The van der Waals surface area contributed by atoms with Crippen molar-refractivity contribution in [3.8, 4) is 5.75 Å². The fraction of sp³-hybridized carbons (Fsp3) is 0.0588. The van der Waals surface area contributed by atoms with Crippen molar-refractivity contribution in [1.82, 2.24) is 0 Å². The highest BCUT2D eigenvalue weighted by Gasteiger charge is 2.26. The number of esters is 1. The third kappa shape index (κ3) is 3.36. The van der Waals surface area contributed by atoms with Gasteiger partial charge in [0.1, 0.15) is 0 Å². The number of nitro groups is 1. The number of nitro benzene ring substituents is 1. The number of ether oxygens (including phenoxy) is 2. The molecule has 2 aromatic carbocycles. The zero-order valence-corrected chi connectivity index (χ0v) is 13.7. The molecule has 0 amide bonds. The topological polar surface area (TPSA) is 91.0 Å². The van der Waals surface area contributed by atoms with Gasteiger partial charge >= 0.3 is 11.7 Å². The highest BCUT2D eigenvalue weighted by atomic mass is 35.5. The Balaban J connectivity index is 1.99. The number of hydrogen-bond donors (Lipinski definition) is 0. The number of nitrogens with zero attached hydrogens (tertiary/aromatic N) is 2. The molecule has 0 N–H and O–H groups in total. The molecule has 0 unspecified atom stereocenters. The highest BCUT2D eigenvalue weighted by Crippen LogP contribution is 2.29. The summed E-state index contributed by atoms with van der Waals surface area (Å²) < 4.78 is 10.1. The number of benzene rings is 2. The van der Waals surface area contributed by atoms with Gasteiger partial charge in [-0.2, -0.15) is 0 Å². The van der Waals surface area contributed by atoms with Gasteiger partial charge in [0.05, 0.1) is 22.6 Å². The molecule has 0 aliphatic carbocycles. The lowest BCUT2D eigenvalue weighted by molar-refractivity contribution is -0.385. The molecule has 0 atom stereocenters. The molecule has 3 rings (SSSR count). The molecule has 25 heavy (non-hydrogen) atoms. The summed E-state index contributed by atoms with van der Waals surface area (Å²) >= 11 is 6.07. The third-order valence-corrected chi connectivity index (χ3v) is 3.76. The van der Waals surface area contributed by atoms with Crippen molar-refractivity contribution in [2.45, 2.75) is 0 Å². The molecule has 0 aromatic heterocycles. The summed E-state index contributed by atoms with van der Waals surface area (Å²) in [5, 5.41) is 11.5. The first-order valence-electron chi connectivity index (χ1n) is 7.09. The number of methoxy groups -OCH3 is 1. The highest BCUT2D eigenvalue weighted by molar-refractivity contribution is 6.34. The maximum absolute atomic E-state index is 12.0. The molecule has 8 heteroatoms. The Morgan fingerprint density at radius 3 is 2.72 bits per heavy atom. The van der Waals surface area contributed by atoms with Gasteiger partial charge in [0.15, 0.2) is 11.4 Å². The molecule has 1 heterocycles. The van der Waals surface area contributed by atoms with Crippen LogP contribution in [0.3, 0.4) is 0 Å². The van der Waals surface area contributed by atoms with Crippen molar-refractivity contribution in [2.24, 2.45) is 4.99 Å². The monoisotopic (exact) mass is 358 g/mol. The van der Waals surface area contributed by atoms with Crippen LogP contribution >= 0.6 is 11.6 Å². The molecule has 1 aliphatic heterocycles. The van der Waals surface area contributed by atoms with E-state index in [0.717, 1.165) is 0 Å². The van der Waals surface area contributed by atoms with Crippen molar-refractivity contribution in [1.29, 1.82) is 0 Å². The van der Waals surface area contributed by atoms with Crippen LogP contribution in [-0.2, 0) is 9.53 Å². The fourth-order valence-corrected chi connectivity index (χ4v) is 2.47. The predicted molar refractivity (Wildman–Crippen MR) is 91.7 cm³/mol. The minimum Gasteiger partial charge on any atom is -0.490 e. The molecule has 0 spiro atoms. The number of halogens is 1. The van der Waals surface area contributed by atoms with E-state index < -0.39 is 10.9 Å². The number of carbonyl (C=O) groups is 1. The minimum atomic E-state index is -0.659. The lowest BCUT2D eigenvalue weighted by Crippen LogP contribution is -2.05. The second-order valence-corrected chi connectivity index (χ2v) is 5.41. The summed E-state index contributed by atoms with van der Waals surface area (Å²) in [5.41, 5.74) is 0.721. The van der Waals surface area contributed by atoms with Crippen LogP contribution in [0.4, 0.5) is 5.69 Å². The number of cyclic esters (lactones) is 1. The molecule has 0 radical (unpaired) electrons. The lowest BCUT2D eigenvalue weighted by Gasteiger charge is -2.02. The molecule has 0 saturated heterocycles. The zero-order valence-electron chi connectivity index (χ0n) is 12.9. The average molecular weight is 359 g/mol. The molecule has 0 fully saturated rings. The molecule has 0 bridgehead atoms. The van der Waals surface area contributed by atoms with E-state index in [0.29, 0.717) is 16.1 Å². The van der Waals surface area contributed by atoms with E-state index in [9.17, 15) is 14.9 Å². The van der Waals surface area contributed by atoms with E-state index in [1.165, 1.54) is 25.3 Å². The van der Waals surface area contributed by atoms with Gasteiger partial charge in [-0.1, -0.05) is 29.8 Å². The van der Waals surface area contributed by atoms with E-state index in [-0.39, 0.29) is 23.0 Å². The van der Waals surface area contributed by atoms with Crippen LogP contribution in [0.2, 0.25) is 5.02 Å². The maximum atomic E-state index is 12.0. The first-order valence-corrected chi connectivity index (χ1v) is 7.47. The molecule has 0 saturated carbocycles. The second kappa shape index (κ2) is 6.74. The number of rotatable bonds is 4. The third-order valence-electron chi connectivity index (χ3n) is 3.43. The van der Waals surface area contributed by atoms with Crippen LogP contribution in [0, 0.1) is 10.1 Å². The molecule has 7 nitrogen and oxygen atoms in total. The van der Waals surface area contributed by atoms with Crippen LogP contribution in [0.25, 0.3) is 6.08 Å². The summed E-state index contributed by atoms with van der Waals surface area (Å²) in [6.07, 6.45) is 1.40. The van der Waals surface area contributed by atoms with Gasteiger partial charge in [-0.3, -0.25) is 10.1 Å². The Morgan fingerprint density at radius 1 is 1.28 bits per heavy atom. The molecular weight excluding hydrogens is 348 g/mol. The van der Waals surface area contributed by atoms with Gasteiger partial charge in [0, 0.05) is 6.07 Å². The van der Waals surface area contributed by atoms with Crippen molar-refractivity contribution < 1.29 is 19.2 Å². The van der Waals surface area contributed by atoms with E-state index in [1.807, 2.05) is 0 Å². The molecule has 126 valence electrons. The summed E-state index contributed by atoms with van der Waals surface area (Å²) in [6.45, 7) is 0. The summed E-state index contributed by atoms with van der Waals surface area (Å²) in [7, 11) is 1.34. The van der Waals surface area contributed by atoms with Gasteiger partial charge in [-0.15, -0.1) is 0 Å². The van der Waals surface area contributed by atoms with Gasteiger partial charge < -0.3 is 9.47 Å². The van der Waals surface area contributed by atoms with Gasteiger partial charge in [0.25, 0.3) is 0 Å². The SMILES string of the molecule is COc1ccc(/C=C2\N=C(c3ccccc3Cl)OC2=O)cc1[N+](=O)[O-]. The minimum absolute atomic E-state index is 0.0226. The largest absolute Gasteiger partial charge is 0.490 e. The Morgan fingerprint density at radius 2 is 2.04 bits per heavy atom. The van der Waals surface area contributed by atoms with E-state index in [1.54, 1.807) is 30.3 Å². The number of hydrogen-bond acceptors (Lipinski definition) is 6. The van der Waals surface area contributed by atoms with Crippen LogP contribution in [0.15, 0.2) is 53.2 Å². The summed E-state index contributed by atoms with van der Waals surface area (Å²) in [5.74, 6) is -0.445. The van der Waals surface area contributed by atoms with Gasteiger partial charge in [-0.25, -0.2) is 9.79 Å². The lowest BCUT2D eigenvalue weighted by atomic mass is 10.1. The fourth-order valence-electron chi connectivity index (χ4n) is 2.26. The Hall–Kier alpha value is -3.19. The smallest absolute Gasteiger partial charge is 0.363 e. The van der Waals surface area contributed by atoms with Crippen LogP contribution in [-0.4, -0.2) is 23.9 Å². The van der Waals surface area contributed by atoms with Crippen molar-refractivity contribution in [3.63, 3.8) is 0 Å². The van der Waals surface area contributed by atoms with Crippen LogP contribution < -0.4 is 4.74 Å².